The highest BCUT2D eigenvalue weighted by Crippen LogP contribution is 2.29. The van der Waals surface area contributed by atoms with Crippen LogP contribution in [0.1, 0.15) is 49.3 Å². The maximum Gasteiger partial charge on any atom is 0.242 e. The minimum absolute atomic E-state index is 0.0697. The summed E-state index contributed by atoms with van der Waals surface area (Å²) in [4.78, 5) is 28.3. The number of carbonyl (C=O) groups excluding carboxylic acids is 2. The molecular weight excluding hydrogens is 424 g/mol. The van der Waals surface area contributed by atoms with E-state index >= 15 is 0 Å². The molecule has 0 aliphatic rings. The van der Waals surface area contributed by atoms with Crippen molar-refractivity contribution in [1.29, 1.82) is 0 Å². The Labute approximate surface area is 202 Å². The standard InChI is InChI=1S/C29H34N2O3/c1-4-18-30-29(33)22(2)31(21-23-12-11-17-26(19-23)34-3)28(32)20-27(24-13-7-5-8-14-24)25-15-9-6-10-16-25/h5-17,19,22,27H,4,18,20-21H2,1-3H3,(H,30,33). The lowest BCUT2D eigenvalue weighted by Gasteiger charge is -2.30. The maximum absolute atomic E-state index is 13.8. The van der Waals surface area contributed by atoms with Crippen molar-refractivity contribution in [3.05, 3.63) is 102 Å². The number of benzene rings is 3. The van der Waals surface area contributed by atoms with E-state index in [1.54, 1.807) is 18.9 Å². The molecule has 178 valence electrons. The van der Waals surface area contributed by atoms with Crippen molar-refractivity contribution in [3.63, 3.8) is 0 Å². The average Bonchev–Trinajstić information content (AvgIpc) is 2.89. The van der Waals surface area contributed by atoms with Gasteiger partial charge in [0, 0.05) is 25.4 Å². The molecule has 0 spiro atoms. The van der Waals surface area contributed by atoms with Crippen LogP contribution in [-0.4, -0.2) is 36.4 Å². The topological polar surface area (TPSA) is 58.6 Å². The van der Waals surface area contributed by atoms with Crippen LogP contribution in [-0.2, 0) is 16.1 Å². The molecule has 0 bridgehead atoms. The fraction of sp³-hybridized carbons (Fsp3) is 0.310. The summed E-state index contributed by atoms with van der Waals surface area (Å²) in [5, 5.41) is 2.93. The molecule has 0 fully saturated rings. The van der Waals surface area contributed by atoms with Crippen LogP contribution in [0.4, 0.5) is 0 Å². The normalized spacial score (nSPS) is 11.6. The van der Waals surface area contributed by atoms with Gasteiger partial charge in [0.1, 0.15) is 11.8 Å². The lowest BCUT2D eigenvalue weighted by Crippen LogP contribution is -2.48. The van der Waals surface area contributed by atoms with E-state index < -0.39 is 6.04 Å². The fourth-order valence-corrected chi connectivity index (χ4v) is 4.04. The number of hydrogen-bond acceptors (Lipinski definition) is 3. The van der Waals surface area contributed by atoms with Gasteiger partial charge >= 0.3 is 0 Å². The molecule has 5 nitrogen and oxygen atoms in total. The van der Waals surface area contributed by atoms with Gasteiger partial charge in [-0.15, -0.1) is 0 Å². The molecule has 2 amide bonds. The quantitative estimate of drug-likeness (QED) is 0.432. The van der Waals surface area contributed by atoms with Crippen LogP contribution in [0.25, 0.3) is 0 Å². The van der Waals surface area contributed by atoms with Crippen molar-refractivity contribution < 1.29 is 14.3 Å². The zero-order valence-corrected chi connectivity index (χ0v) is 20.2. The second kappa shape index (κ2) is 12.6. The van der Waals surface area contributed by atoms with Crippen molar-refractivity contribution in [2.45, 2.75) is 45.2 Å². The zero-order valence-electron chi connectivity index (χ0n) is 20.2. The molecule has 0 saturated carbocycles. The van der Waals surface area contributed by atoms with Crippen LogP contribution in [0.15, 0.2) is 84.9 Å². The van der Waals surface area contributed by atoms with Crippen LogP contribution < -0.4 is 10.1 Å². The second-order valence-corrected chi connectivity index (χ2v) is 8.42. The molecule has 1 atom stereocenters. The number of rotatable bonds is 11. The van der Waals surface area contributed by atoms with E-state index in [1.807, 2.05) is 67.6 Å². The number of amides is 2. The number of methoxy groups -OCH3 is 1. The van der Waals surface area contributed by atoms with Gasteiger partial charge in [0.05, 0.1) is 7.11 Å². The SMILES string of the molecule is CCCNC(=O)C(C)N(Cc1cccc(OC)c1)C(=O)CC(c1ccccc1)c1ccccc1. The molecule has 0 aromatic heterocycles. The van der Waals surface area contributed by atoms with Crippen LogP contribution in [0.2, 0.25) is 0 Å². The van der Waals surface area contributed by atoms with E-state index in [9.17, 15) is 9.59 Å². The van der Waals surface area contributed by atoms with Crippen molar-refractivity contribution in [2.75, 3.05) is 13.7 Å². The summed E-state index contributed by atoms with van der Waals surface area (Å²) in [7, 11) is 1.62. The molecule has 0 aliphatic heterocycles. The van der Waals surface area contributed by atoms with E-state index in [4.69, 9.17) is 4.74 Å². The Balaban J connectivity index is 1.91. The molecule has 1 N–H and O–H groups in total. The average molecular weight is 459 g/mol. The monoisotopic (exact) mass is 458 g/mol. The molecule has 0 aliphatic carbocycles. The highest BCUT2D eigenvalue weighted by Gasteiger charge is 2.29. The first-order valence-corrected chi connectivity index (χ1v) is 11.8. The summed E-state index contributed by atoms with van der Waals surface area (Å²) < 4.78 is 5.36. The Morgan fingerprint density at radius 2 is 1.53 bits per heavy atom. The minimum Gasteiger partial charge on any atom is -0.497 e. The van der Waals surface area contributed by atoms with Gasteiger partial charge in [-0.3, -0.25) is 9.59 Å². The summed E-state index contributed by atoms with van der Waals surface area (Å²) in [6.07, 6.45) is 1.11. The molecule has 1 unspecified atom stereocenters. The molecule has 3 rings (SSSR count). The van der Waals surface area contributed by atoms with Gasteiger partial charge in [-0.1, -0.05) is 79.7 Å². The molecule has 0 saturated heterocycles. The van der Waals surface area contributed by atoms with Gasteiger partial charge < -0.3 is 15.0 Å². The van der Waals surface area contributed by atoms with Crippen molar-refractivity contribution in [1.82, 2.24) is 10.2 Å². The Bertz CT molecular complexity index is 1010. The van der Waals surface area contributed by atoms with Gasteiger partial charge in [0.25, 0.3) is 0 Å². The molecule has 0 radical (unpaired) electrons. The lowest BCUT2D eigenvalue weighted by atomic mass is 9.88. The molecular formula is C29H34N2O3. The summed E-state index contributed by atoms with van der Waals surface area (Å²) in [6.45, 7) is 4.71. The molecule has 5 heteroatoms. The number of hydrogen-bond donors (Lipinski definition) is 1. The number of nitrogens with zero attached hydrogens (tertiary/aromatic N) is 1. The number of ether oxygens (including phenoxy) is 1. The Morgan fingerprint density at radius 1 is 0.912 bits per heavy atom. The molecule has 3 aromatic carbocycles. The molecule has 0 heterocycles. The third kappa shape index (κ3) is 6.70. The Morgan fingerprint density at radius 3 is 2.09 bits per heavy atom. The smallest absolute Gasteiger partial charge is 0.242 e. The fourth-order valence-electron chi connectivity index (χ4n) is 4.04. The first kappa shape index (κ1) is 25.0. The van der Waals surface area contributed by atoms with E-state index in [1.165, 1.54) is 0 Å². The first-order chi connectivity index (χ1) is 16.5. The number of carbonyl (C=O) groups is 2. The van der Waals surface area contributed by atoms with Crippen LogP contribution >= 0.6 is 0 Å². The summed E-state index contributed by atoms with van der Waals surface area (Å²) in [5.74, 6) is 0.404. The van der Waals surface area contributed by atoms with Gasteiger partial charge in [-0.2, -0.15) is 0 Å². The van der Waals surface area contributed by atoms with E-state index in [2.05, 4.69) is 29.6 Å². The maximum atomic E-state index is 13.8. The number of nitrogens with one attached hydrogen (secondary N) is 1. The first-order valence-electron chi connectivity index (χ1n) is 11.8. The van der Waals surface area contributed by atoms with E-state index in [-0.39, 0.29) is 24.2 Å². The lowest BCUT2D eigenvalue weighted by molar-refractivity contribution is -0.140. The van der Waals surface area contributed by atoms with Crippen LogP contribution in [0.3, 0.4) is 0 Å². The molecule has 3 aromatic rings. The minimum atomic E-state index is -0.600. The van der Waals surface area contributed by atoms with Crippen LogP contribution in [0.5, 0.6) is 5.75 Å². The Hall–Kier alpha value is -3.60. The predicted molar refractivity (Wildman–Crippen MR) is 136 cm³/mol. The third-order valence-corrected chi connectivity index (χ3v) is 5.99. The van der Waals surface area contributed by atoms with Gasteiger partial charge in [-0.25, -0.2) is 0 Å². The van der Waals surface area contributed by atoms with Gasteiger partial charge in [-0.05, 0) is 42.2 Å². The highest BCUT2D eigenvalue weighted by atomic mass is 16.5. The van der Waals surface area contributed by atoms with Crippen molar-refractivity contribution in [3.8, 4) is 5.75 Å². The molecule has 34 heavy (non-hydrogen) atoms. The zero-order chi connectivity index (χ0) is 24.3. The van der Waals surface area contributed by atoms with Crippen LogP contribution in [0, 0.1) is 0 Å². The van der Waals surface area contributed by atoms with Crippen molar-refractivity contribution in [2.24, 2.45) is 0 Å². The Kier molecular flexibility index (Phi) is 9.27. The highest BCUT2D eigenvalue weighted by molar-refractivity contribution is 5.87. The summed E-state index contributed by atoms with van der Waals surface area (Å²) >= 11 is 0. The van der Waals surface area contributed by atoms with Gasteiger partial charge in [0.15, 0.2) is 0 Å². The largest absolute Gasteiger partial charge is 0.497 e. The predicted octanol–water partition coefficient (Wildman–Crippen LogP) is 5.16. The third-order valence-electron chi connectivity index (χ3n) is 5.99. The second-order valence-electron chi connectivity index (χ2n) is 8.42. The van der Waals surface area contributed by atoms with E-state index in [0.717, 1.165) is 28.9 Å². The van der Waals surface area contributed by atoms with Gasteiger partial charge in [0.2, 0.25) is 11.8 Å². The summed E-state index contributed by atoms with van der Waals surface area (Å²) in [5.41, 5.74) is 3.07. The van der Waals surface area contributed by atoms with Crippen molar-refractivity contribution >= 4 is 11.8 Å². The van der Waals surface area contributed by atoms with E-state index in [0.29, 0.717) is 13.1 Å². The summed E-state index contributed by atoms with van der Waals surface area (Å²) in [6, 6.07) is 27.1.